The molecule has 1 aliphatic heterocycles. The lowest BCUT2D eigenvalue weighted by molar-refractivity contribution is 0.0844. The van der Waals surface area contributed by atoms with Gasteiger partial charge in [-0.15, -0.1) is 0 Å². The quantitative estimate of drug-likeness (QED) is 0.691. The molecule has 0 saturated heterocycles. The first-order chi connectivity index (χ1) is 14.0. The van der Waals surface area contributed by atoms with Gasteiger partial charge in [0.15, 0.2) is 11.2 Å². The van der Waals surface area contributed by atoms with Crippen LogP contribution >= 0.6 is 0 Å². The van der Waals surface area contributed by atoms with Gasteiger partial charge in [0, 0.05) is 36.7 Å². The van der Waals surface area contributed by atoms with Crippen molar-refractivity contribution in [2.75, 3.05) is 6.61 Å². The number of nitrogens with zero attached hydrogens (tertiary/aromatic N) is 1. The average Bonchev–Trinajstić information content (AvgIpc) is 2.69. The van der Waals surface area contributed by atoms with Crippen molar-refractivity contribution in [1.29, 1.82) is 0 Å². The first kappa shape index (κ1) is 18.6. The van der Waals surface area contributed by atoms with Gasteiger partial charge in [0.1, 0.15) is 41.3 Å². The molecular formula is C22H19NO6. The topological polar surface area (TPSA) is 98.0 Å². The van der Waals surface area contributed by atoms with Gasteiger partial charge in [-0.3, -0.25) is 9.59 Å². The standard InChI is InChI=1S/C22H19NO6/c24-15-3-1-14(2-4-15)20-13-19(27)22-18(26)11-17(12-21(22)29-20)28-10-9-23-7-5-16(25)6-8-23/h1-8,11-12,20,24,26H,9-10,13H2. The normalized spacial score (nSPS) is 15.4. The lowest BCUT2D eigenvalue weighted by atomic mass is 9.95. The lowest BCUT2D eigenvalue weighted by Crippen LogP contribution is -2.20. The summed E-state index contributed by atoms with van der Waals surface area (Å²) < 4.78 is 13.4. The summed E-state index contributed by atoms with van der Waals surface area (Å²) in [5.41, 5.74) is 0.838. The summed E-state index contributed by atoms with van der Waals surface area (Å²) in [7, 11) is 0. The molecule has 1 unspecified atom stereocenters. The maximum atomic E-state index is 12.5. The Labute approximate surface area is 166 Å². The van der Waals surface area contributed by atoms with E-state index in [1.54, 1.807) is 35.2 Å². The number of hydrogen-bond donors (Lipinski definition) is 2. The van der Waals surface area contributed by atoms with E-state index in [9.17, 15) is 19.8 Å². The number of carbonyl (C=O) groups excluding carboxylic acids is 1. The molecule has 148 valence electrons. The number of fused-ring (bicyclic) bond motifs is 1. The Morgan fingerprint density at radius 1 is 1.03 bits per heavy atom. The first-order valence-electron chi connectivity index (χ1n) is 9.14. The van der Waals surface area contributed by atoms with Gasteiger partial charge in [-0.05, 0) is 17.7 Å². The highest BCUT2D eigenvalue weighted by molar-refractivity contribution is 6.02. The molecule has 2 aromatic carbocycles. The SMILES string of the molecule is O=C1CC(c2ccc(O)cc2)Oc2cc(OCCn3ccc(=O)cc3)cc(O)c21. The Morgan fingerprint density at radius 3 is 2.48 bits per heavy atom. The third-order valence-corrected chi connectivity index (χ3v) is 4.72. The van der Waals surface area contributed by atoms with Crippen LogP contribution < -0.4 is 14.9 Å². The molecule has 0 fully saturated rings. The van der Waals surface area contributed by atoms with E-state index in [4.69, 9.17) is 9.47 Å². The van der Waals surface area contributed by atoms with Crippen LogP contribution in [0.15, 0.2) is 65.7 Å². The number of phenolic OH excluding ortho intramolecular Hbond substituents is 2. The smallest absolute Gasteiger partial charge is 0.181 e. The summed E-state index contributed by atoms with van der Waals surface area (Å²) in [6.07, 6.45) is 2.92. The minimum absolute atomic E-state index is 0.0632. The summed E-state index contributed by atoms with van der Waals surface area (Å²) >= 11 is 0. The third kappa shape index (κ3) is 4.08. The summed E-state index contributed by atoms with van der Waals surface area (Å²) in [5.74, 6) is 0.364. The molecule has 29 heavy (non-hydrogen) atoms. The number of ketones is 1. The fraction of sp³-hybridized carbons (Fsp3) is 0.182. The van der Waals surface area contributed by atoms with Crippen LogP contribution in [0, 0.1) is 0 Å². The van der Waals surface area contributed by atoms with Crippen LogP contribution in [0.5, 0.6) is 23.0 Å². The Balaban J connectivity index is 1.50. The van der Waals surface area contributed by atoms with Crippen molar-refractivity contribution in [1.82, 2.24) is 4.57 Å². The molecule has 2 heterocycles. The third-order valence-electron chi connectivity index (χ3n) is 4.72. The zero-order valence-electron chi connectivity index (χ0n) is 15.4. The average molecular weight is 393 g/mol. The Morgan fingerprint density at radius 2 is 1.76 bits per heavy atom. The van der Waals surface area contributed by atoms with E-state index < -0.39 is 6.10 Å². The molecule has 0 spiro atoms. The number of aromatic nitrogens is 1. The zero-order chi connectivity index (χ0) is 20.4. The summed E-state index contributed by atoms with van der Waals surface area (Å²) in [6, 6.07) is 12.4. The molecule has 1 aliphatic rings. The molecule has 0 aliphatic carbocycles. The van der Waals surface area contributed by atoms with Crippen LogP contribution in [0.1, 0.15) is 28.4 Å². The second kappa shape index (κ2) is 7.71. The molecule has 7 heteroatoms. The number of benzene rings is 2. The molecule has 1 atom stereocenters. The molecule has 2 N–H and O–H groups in total. The molecular weight excluding hydrogens is 374 g/mol. The van der Waals surface area contributed by atoms with Crippen LogP contribution in [0.4, 0.5) is 0 Å². The van der Waals surface area contributed by atoms with Gasteiger partial charge in [0.25, 0.3) is 0 Å². The summed E-state index contributed by atoms with van der Waals surface area (Å²) in [5, 5.41) is 19.7. The first-order valence-corrected chi connectivity index (χ1v) is 9.14. The predicted octanol–water partition coefficient (Wildman–Crippen LogP) is 3.05. The van der Waals surface area contributed by atoms with E-state index in [1.807, 2.05) is 0 Å². The van der Waals surface area contributed by atoms with Gasteiger partial charge in [-0.2, -0.15) is 0 Å². The van der Waals surface area contributed by atoms with Crippen LogP contribution in [0.3, 0.4) is 0 Å². The van der Waals surface area contributed by atoms with Gasteiger partial charge in [0.05, 0.1) is 13.0 Å². The van der Waals surface area contributed by atoms with E-state index >= 15 is 0 Å². The van der Waals surface area contributed by atoms with Crippen LogP contribution in [0.2, 0.25) is 0 Å². The molecule has 0 bridgehead atoms. The van der Waals surface area contributed by atoms with Crippen molar-refractivity contribution in [2.45, 2.75) is 19.1 Å². The molecule has 0 radical (unpaired) electrons. The molecule has 4 rings (SSSR count). The van der Waals surface area contributed by atoms with Crippen molar-refractivity contribution in [3.05, 3.63) is 82.3 Å². The number of hydrogen-bond acceptors (Lipinski definition) is 6. The Kier molecular flexibility index (Phi) is 4.95. The van der Waals surface area contributed by atoms with Crippen molar-refractivity contribution in [3.63, 3.8) is 0 Å². The van der Waals surface area contributed by atoms with Crippen LogP contribution in [-0.2, 0) is 6.54 Å². The van der Waals surface area contributed by atoms with Crippen LogP contribution in [-0.4, -0.2) is 27.2 Å². The number of phenols is 2. The number of Topliss-reactive ketones (excluding diaryl/α,β-unsaturated/α-hetero) is 1. The van der Waals surface area contributed by atoms with Crippen molar-refractivity contribution < 1.29 is 24.5 Å². The maximum absolute atomic E-state index is 12.5. The van der Waals surface area contributed by atoms with E-state index in [2.05, 4.69) is 0 Å². The van der Waals surface area contributed by atoms with Crippen molar-refractivity contribution >= 4 is 5.78 Å². The second-order valence-electron chi connectivity index (χ2n) is 6.76. The van der Waals surface area contributed by atoms with Gasteiger partial charge in [-0.25, -0.2) is 0 Å². The van der Waals surface area contributed by atoms with Gasteiger partial charge in [-0.1, -0.05) is 12.1 Å². The zero-order valence-corrected chi connectivity index (χ0v) is 15.4. The fourth-order valence-corrected chi connectivity index (χ4v) is 3.23. The molecule has 3 aromatic rings. The predicted molar refractivity (Wildman–Crippen MR) is 105 cm³/mol. The van der Waals surface area contributed by atoms with E-state index in [1.165, 1.54) is 30.3 Å². The van der Waals surface area contributed by atoms with E-state index in [0.29, 0.717) is 18.9 Å². The number of aromatic hydroxyl groups is 2. The number of pyridine rings is 1. The monoisotopic (exact) mass is 393 g/mol. The maximum Gasteiger partial charge on any atom is 0.181 e. The molecule has 1 aromatic heterocycles. The minimum Gasteiger partial charge on any atom is -0.508 e. The van der Waals surface area contributed by atoms with Crippen molar-refractivity contribution in [2.24, 2.45) is 0 Å². The fourth-order valence-electron chi connectivity index (χ4n) is 3.23. The molecule has 7 nitrogen and oxygen atoms in total. The van der Waals surface area contributed by atoms with E-state index in [-0.39, 0.29) is 40.4 Å². The second-order valence-corrected chi connectivity index (χ2v) is 6.76. The van der Waals surface area contributed by atoms with Gasteiger partial charge < -0.3 is 24.3 Å². The van der Waals surface area contributed by atoms with Crippen LogP contribution in [0.25, 0.3) is 0 Å². The Bertz CT molecular complexity index is 1080. The van der Waals surface area contributed by atoms with Gasteiger partial charge in [0.2, 0.25) is 0 Å². The summed E-state index contributed by atoms with van der Waals surface area (Å²) in [6.45, 7) is 0.810. The number of ether oxygens (including phenoxy) is 2. The molecule has 0 saturated carbocycles. The van der Waals surface area contributed by atoms with E-state index in [0.717, 1.165) is 5.56 Å². The number of carbonyl (C=O) groups is 1. The van der Waals surface area contributed by atoms with Crippen molar-refractivity contribution in [3.8, 4) is 23.0 Å². The molecule has 0 amide bonds. The summed E-state index contributed by atoms with van der Waals surface area (Å²) in [4.78, 5) is 23.7. The minimum atomic E-state index is -0.508. The van der Waals surface area contributed by atoms with Gasteiger partial charge >= 0.3 is 0 Å². The lowest BCUT2D eigenvalue weighted by Gasteiger charge is -2.26. The highest BCUT2D eigenvalue weighted by Crippen LogP contribution is 2.42. The largest absolute Gasteiger partial charge is 0.508 e. The Hall–Kier alpha value is -3.74. The number of rotatable bonds is 5. The highest BCUT2D eigenvalue weighted by atomic mass is 16.5. The highest BCUT2D eigenvalue weighted by Gasteiger charge is 2.31.